The summed E-state index contributed by atoms with van der Waals surface area (Å²) >= 11 is 0. The van der Waals surface area contributed by atoms with Gasteiger partial charge in [0.15, 0.2) is 0 Å². The van der Waals surface area contributed by atoms with Crippen molar-refractivity contribution in [3.8, 4) is 22.9 Å². The van der Waals surface area contributed by atoms with Gasteiger partial charge in [-0.15, -0.1) is 0 Å². The fourth-order valence-corrected chi connectivity index (χ4v) is 1.99. The minimum atomic E-state index is 0.530. The summed E-state index contributed by atoms with van der Waals surface area (Å²) in [6, 6.07) is 11.4. The average molecular weight is 261 g/mol. The van der Waals surface area contributed by atoms with E-state index in [1.165, 1.54) is 0 Å². The zero-order chi connectivity index (χ0) is 13.9. The molecule has 5 heteroatoms. The molecule has 0 aliphatic heterocycles. The summed E-state index contributed by atoms with van der Waals surface area (Å²) in [6.45, 7) is 0. The molecule has 3 rings (SSSR count). The van der Waals surface area contributed by atoms with E-state index in [0.717, 1.165) is 11.1 Å². The van der Waals surface area contributed by atoms with E-state index in [0.29, 0.717) is 16.9 Å². The van der Waals surface area contributed by atoms with Crippen molar-refractivity contribution in [3.05, 3.63) is 60.7 Å². The molecule has 0 spiro atoms. The van der Waals surface area contributed by atoms with Gasteiger partial charge in [0.1, 0.15) is 11.8 Å². The first-order chi connectivity index (χ1) is 9.78. The number of nitriles is 1. The molecule has 0 aliphatic rings. The van der Waals surface area contributed by atoms with Crippen LogP contribution in [0.15, 0.2) is 55.1 Å². The highest BCUT2D eigenvalue weighted by Crippen LogP contribution is 2.22. The van der Waals surface area contributed by atoms with E-state index in [9.17, 15) is 0 Å². The highest BCUT2D eigenvalue weighted by atomic mass is 15.3. The number of hydrogen-bond acceptors (Lipinski definition) is 4. The first-order valence-electron chi connectivity index (χ1n) is 6.03. The molecule has 0 unspecified atom stereocenters. The molecule has 0 saturated heterocycles. The van der Waals surface area contributed by atoms with Crippen molar-refractivity contribution in [2.75, 3.05) is 5.73 Å². The first kappa shape index (κ1) is 11.9. The van der Waals surface area contributed by atoms with Crippen molar-refractivity contribution in [1.29, 1.82) is 5.26 Å². The smallest absolute Gasteiger partial charge is 0.102 e. The molecular weight excluding hydrogens is 250 g/mol. The Hall–Kier alpha value is -3.13. The predicted molar refractivity (Wildman–Crippen MR) is 75.9 cm³/mol. The van der Waals surface area contributed by atoms with Gasteiger partial charge in [0.25, 0.3) is 0 Å². The van der Waals surface area contributed by atoms with E-state index in [2.05, 4.69) is 16.2 Å². The number of pyridine rings is 1. The van der Waals surface area contributed by atoms with Gasteiger partial charge in [-0.1, -0.05) is 12.1 Å². The third-order valence-corrected chi connectivity index (χ3v) is 2.97. The first-order valence-corrected chi connectivity index (χ1v) is 6.03. The molecule has 0 aliphatic carbocycles. The van der Waals surface area contributed by atoms with Crippen LogP contribution in [0.3, 0.4) is 0 Å². The summed E-state index contributed by atoms with van der Waals surface area (Å²) in [5.74, 6) is 0. The molecule has 1 aromatic carbocycles. The van der Waals surface area contributed by atoms with Gasteiger partial charge < -0.3 is 5.73 Å². The molecule has 2 aromatic heterocycles. The number of hydrogen-bond donors (Lipinski definition) is 1. The Kier molecular flexibility index (Phi) is 2.90. The van der Waals surface area contributed by atoms with Crippen molar-refractivity contribution < 1.29 is 0 Å². The molecule has 2 heterocycles. The molecule has 0 fully saturated rings. The second-order valence-electron chi connectivity index (χ2n) is 4.30. The van der Waals surface area contributed by atoms with Crippen molar-refractivity contribution in [3.63, 3.8) is 0 Å². The van der Waals surface area contributed by atoms with Gasteiger partial charge in [0.05, 0.1) is 18.0 Å². The minimum Gasteiger partial charge on any atom is -0.399 e. The van der Waals surface area contributed by atoms with E-state index in [1.807, 2.05) is 30.5 Å². The Morgan fingerprint density at radius 1 is 1.15 bits per heavy atom. The summed E-state index contributed by atoms with van der Waals surface area (Å²) < 4.78 is 1.64. The monoisotopic (exact) mass is 261 g/mol. The number of anilines is 1. The molecule has 0 bridgehead atoms. The summed E-state index contributed by atoms with van der Waals surface area (Å²) in [7, 11) is 0. The normalized spacial score (nSPS) is 10.2. The third-order valence-electron chi connectivity index (χ3n) is 2.97. The maximum absolute atomic E-state index is 9.10. The Balaban J connectivity index is 2.05. The van der Waals surface area contributed by atoms with Crippen LogP contribution in [0.25, 0.3) is 16.8 Å². The molecule has 0 amide bonds. The van der Waals surface area contributed by atoms with Crippen molar-refractivity contribution in [2.45, 2.75) is 0 Å². The van der Waals surface area contributed by atoms with Crippen LogP contribution < -0.4 is 5.73 Å². The van der Waals surface area contributed by atoms with E-state index < -0.39 is 0 Å². The standard InChI is InChI=1S/C15H11N5/c16-7-12-4-5-18-9-15(12)20-10-13(8-19-20)11-2-1-3-14(17)6-11/h1-6,8-10H,17H2. The maximum atomic E-state index is 9.10. The zero-order valence-electron chi connectivity index (χ0n) is 10.6. The number of nitrogens with zero attached hydrogens (tertiary/aromatic N) is 4. The quantitative estimate of drug-likeness (QED) is 0.718. The van der Waals surface area contributed by atoms with E-state index >= 15 is 0 Å². The second kappa shape index (κ2) is 4.86. The lowest BCUT2D eigenvalue weighted by molar-refractivity contribution is 0.870. The largest absolute Gasteiger partial charge is 0.399 e. The van der Waals surface area contributed by atoms with Gasteiger partial charge in [-0.3, -0.25) is 4.98 Å². The molecule has 96 valence electrons. The van der Waals surface area contributed by atoms with Gasteiger partial charge in [0.2, 0.25) is 0 Å². The molecule has 20 heavy (non-hydrogen) atoms. The van der Waals surface area contributed by atoms with Crippen molar-refractivity contribution in [1.82, 2.24) is 14.8 Å². The number of nitrogen functional groups attached to an aromatic ring is 1. The van der Waals surface area contributed by atoms with Crippen LogP contribution in [0, 0.1) is 11.3 Å². The van der Waals surface area contributed by atoms with Crippen LogP contribution in [0.1, 0.15) is 5.56 Å². The van der Waals surface area contributed by atoms with Crippen LogP contribution in [-0.4, -0.2) is 14.8 Å². The van der Waals surface area contributed by atoms with Crippen LogP contribution >= 0.6 is 0 Å². The fraction of sp³-hybridized carbons (Fsp3) is 0. The molecule has 0 saturated carbocycles. The van der Waals surface area contributed by atoms with E-state index in [1.54, 1.807) is 29.3 Å². The fourth-order valence-electron chi connectivity index (χ4n) is 1.99. The summed E-state index contributed by atoms with van der Waals surface area (Å²) in [5.41, 5.74) is 9.59. The Bertz CT molecular complexity index is 798. The zero-order valence-corrected chi connectivity index (χ0v) is 10.6. The lowest BCUT2D eigenvalue weighted by Crippen LogP contribution is -1.98. The molecule has 0 atom stereocenters. The summed E-state index contributed by atoms with van der Waals surface area (Å²) in [6.07, 6.45) is 6.80. The average Bonchev–Trinajstić information content (AvgIpc) is 2.97. The van der Waals surface area contributed by atoms with Gasteiger partial charge in [-0.2, -0.15) is 10.4 Å². The number of aromatic nitrogens is 3. The number of nitrogens with two attached hydrogens (primary N) is 1. The summed E-state index contributed by atoms with van der Waals surface area (Å²) in [4.78, 5) is 4.03. The van der Waals surface area contributed by atoms with Gasteiger partial charge >= 0.3 is 0 Å². The molecule has 0 radical (unpaired) electrons. The lowest BCUT2D eigenvalue weighted by atomic mass is 10.1. The van der Waals surface area contributed by atoms with E-state index in [4.69, 9.17) is 11.0 Å². The summed E-state index contributed by atoms with van der Waals surface area (Å²) in [5, 5.41) is 13.4. The third kappa shape index (κ3) is 2.10. The van der Waals surface area contributed by atoms with Gasteiger partial charge in [-0.05, 0) is 23.8 Å². The highest BCUT2D eigenvalue weighted by molar-refractivity contribution is 5.66. The highest BCUT2D eigenvalue weighted by Gasteiger charge is 2.07. The second-order valence-corrected chi connectivity index (χ2v) is 4.30. The minimum absolute atomic E-state index is 0.530. The van der Waals surface area contributed by atoms with Crippen LogP contribution in [0.4, 0.5) is 5.69 Å². The molecular formula is C15H11N5. The maximum Gasteiger partial charge on any atom is 0.102 e. The van der Waals surface area contributed by atoms with Crippen molar-refractivity contribution in [2.24, 2.45) is 0 Å². The Labute approximate surface area is 115 Å². The lowest BCUT2D eigenvalue weighted by Gasteiger charge is -2.02. The van der Waals surface area contributed by atoms with Gasteiger partial charge in [-0.25, -0.2) is 4.68 Å². The van der Waals surface area contributed by atoms with Gasteiger partial charge in [0, 0.05) is 23.6 Å². The molecule has 3 aromatic rings. The SMILES string of the molecule is N#Cc1ccncc1-n1cc(-c2cccc(N)c2)cn1. The van der Waals surface area contributed by atoms with Crippen LogP contribution in [0.5, 0.6) is 0 Å². The molecule has 5 nitrogen and oxygen atoms in total. The topological polar surface area (TPSA) is 80.5 Å². The van der Waals surface area contributed by atoms with E-state index in [-0.39, 0.29) is 0 Å². The van der Waals surface area contributed by atoms with Crippen molar-refractivity contribution >= 4 is 5.69 Å². The number of rotatable bonds is 2. The number of benzene rings is 1. The van der Waals surface area contributed by atoms with Crippen LogP contribution in [-0.2, 0) is 0 Å². The predicted octanol–water partition coefficient (Wildman–Crippen LogP) is 2.39. The van der Waals surface area contributed by atoms with Crippen LogP contribution in [0.2, 0.25) is 0 Å². The Morgan fingerprint density at radius 2 is 2.05 bits per heavy atom. The molecule has 2 N–H and O–H groups in total. The Morgan fingerprint density at radius 3 is 2.85 bits per heavy atom.